The van der Waals surface area contributed by atoms with Gasteiger partial charge in [-0.15, -0.1) is 11.3 Å². The second-order valence-corrected chi connectivity index (χ2v) is 6.34. The number of carbonyl (C=O) groups is 3. The highest BCUT2D eigenvalue weighted by Crippen LogP contribution is 2.26. The van der Waals surface area contributed by atoms with Crippen LogP contribution in [0.5, 0.6) is 5.75 Å². The van der Waals surface area contributed by atoms with Crippen LogP contribution in [0.2, 0.25) is 0 Å². The number of nitrogens with zero attached hydrogens (tertiary/aromatic N) is 2. The Morgan fingerprint density at radius 1 is 1.26 bits per heavy atom. The molecule has 2 amide bonds. The van der Waals surface area contributed by atoms with Crippen molar-refractivity contribution in [2.45, 2.75) is 12.8 Å². The molecule has 2 heterocycles. The number of amides is 2. The van der Waals surface area contributed by atoms with Gasteiger partial charge in [0.15, 0.2) is 11.7 Å². The first-order chi connectivity index (χ1) is 13.0. The van der Waals surface area contributed by atoms with E-state index in [1.165, 1.54) is 11.3 Å². The number of benzene rings is 1. The summed E-state index contributed by atoms with van der Waals surface area (Å²) in [5.74, 6) is -0.769. The molecule has 9 nitrogen and oxygen atoms in total. The van der Waals surface area contributed by atoms with Crippen molar-refractivity contribution in [2.75, 3.05) is 19.0 Å². The predicted molar refractivity (Wildman–Crippen MR) is 98.5 cm³/mol. The van der Waals surface area contributed by atoms with Crippen molar-refractivity contribution >= 4 is 40.0 Å². The third-order valence-electron chi connectivity index (χ3n) is 3.61. The molecule has 0 spiro atoms. The fourth-order valence-electron chi connectivity index (χ4n) is 2.22. The van der Waals surface area contributed by atoms with E-state index in [9.17, 15) is 14.4 Å². The van der Waals surface area contributed by atoms with E-state index in [0.29, 0.717) is 10.8 Å². The van der Waals surface area contributed by atoms with Crippen LogP contribution in [0.25, 0.3) is 11.3 Å². The molecule has 2 N–H and O–H groups in total. The van der Waals surface area contributed by atoms with Crippen molar-refractivity contribution < 1.29 is 23.9 Å². The first-order valence-corrected chi connectivity index (χ1v) is 8.85. The van der Waals surface area contributed by atoms with Gasteiger partial charge < -0.3 is 9.47 Å². The van der Waals surface area contributed by atoms with Crippen LogP contribution in [0.15, 0.2) is 34.7 Å². The van der Waals surface area contributed by atoms with E-state index in [0.717, 1.165) is 11.3 Å². The summed E-state index contributed by atoms with van der Waals surface area (Å²) in [5.41, 5.74) is 3.88. The van der Waals surface area contributed by atoms with Gasteiger partial charge in [-0.25, -0.2) is 15.2 Å². The largest absolute Gasteiger partial charge is 0.497 e. The minimum atomic E-state index is -0.733. The first kappa shape index (κ1) is 18.5. The SMILES string of the molecule is COc1ccc(-c2csc(NC(=O)COC(=O)C3=NNC(=O)CC3)n2)cc1. The van der Waals surface area contributed by atoms with Crippen molar-refractivity contribution in [1.82, 2.24) is 10.4 Å². The van der Waals surface area contributed by atoms with Gasteiger partial charge in [0.05, 0.1) is 12.8 Å². The minimum absolute atomic E-state index is 0.0819. The molecule has 140 valence electrons. The molecule has 1 aromatic carbocycles. The monoisotopic (exact) mass is 388 g/mol. The Morgan fingerprint density at radius 2 is 2.04 bits per heavy atom. The normalized spacial score (nSPS) is 13.4. The highest BCUT2D eigenvalue weighted by molar-refractivity contribution is 7.14. The molecule has 10 heteroatoms. The van der Waals surface area contributed by atoms with Gasteiger partial charge in [-0.3, -0.25) is 14.9 Å². The maximum atomic E-state index is 11.9. The number of nitrogens with one attached hydrogen (secondary N) is 2. The van der Waals surface area contributed by atoms with Crippen LogP contribution in [-0.2, 0) is 19.1 Å². The van der Waals surface area contributed by atoms with E-state index in [1.807, 2.05) is 29.6 Å². The number of anilines is 1. The average molecular weight is 388 g/mol. The zero-order valence-corrected chi connectivity index (χ0v) is 15.2. The van der Waals surface area contributed by atoms with E-state index >= 15 is 0 Å². The van der Waals surface area contributed by atoms with Crippen molar-refractivity contribution in [3.63, 3.8) is 0 Å². The van der Waals surface area contributed by atoms with Gasteiger partial charge in [0.2, 0.25) is 5.91 Å². The predicted octanol–water partition coefficient (Wildman–Crippen LogP) is 1.57. The number of hydrogen-bond acceptors (Lipinski definition) is 8. The molecule has 1 aliphatic heterocycles. The Labute approximate surface area is 158 Å². The molecule has 3 rings (SSSR count). The van der Waals surface area contributed by atoms with Gasteiger partial charge in [-0.2, -0.15) is 5.10 Å². The Balaban J connectivity index is 1.51. The summed E-state index contributed by atoms with van der Waals surface area (Å²) in [4.78, 5) is 39.1. The Morgan fingerprint density at radius 3 is 2.70 bits per heavy atom. The number of hydrogen-bond donors (Lipinski definition) is 2. The summed E-state index contributed by atoms with van der Waals surface area (Å²) >= 11 is 1.26. The summed E-state index contributed by atoms with van der Waals surface area (Å²) < 4.78 is 10.0. The summed E-state index contributed by atoms with van der Waals surface area (Å²) in [6, 6.07) is 7.38. The molecule has 0 fully saturated rings. The molecular weight excluding hydrogens is 372 g/mol. The summed E-state index contributed by atoms with van der Waals surface area (Å²) in [6.45, 7) is -0.469. The lowest BCUT2D eigenvalue weighted by molar-refractivity contribution is -0.140. The van der Waals surface area contributed by atoms with Gasteiger partial charge in [0, 0.05) is 23.8 Å². The second kappa shape index (κ2) is 8.41. The lowest BCUT2D eigenvalue weighted by Crippen LogP contribution is -2.32. The molecule has 0 bridgehead atoms. The van der Waals surface area contributed by atoms with Crippen LogP contribution < -0.4 is 15.5 Å². The number of thiazole rings is 1. The molecule has 1 aliphatic rings. The highest BCUT2D eigenvalue weighted by atomic mass is 32.1. The van der Waals surface area contributed by atoms with Crippen LogP contribution in [0, 0.1) is 0 Å². The molecule has 1 aromatic heterocycles. The van der Waals surface area contributed by atoms with Crippen LogP contribution >= 0.6 is 11.3 Å². The van der Waals surface area contributed by atoms with Gasteiger partial charge in [-0.05, 0) is 24.3 Å². The molecule has 0 unspecified atom stereocenters. The maximum Gasteiger partial charge on any atom is 0.355 e. The lowest BCUT2D eigenvalue weighted by atomic mass is 10.2. The van der Waals surface area contributed by atoms with E-state index in [1.54, 1.807) is 7.11 Å². The standard InChI is InChI=1S/C17H16N4O5S/c1-25-11-4-2-10(3-5-11)13-9-27-17(18-13)19-15(23)8-26-16(24)12-6-7-14(22)21-20-12/h2-5,9H,6-8H2,1H3,(H,21,22)(H,18,19,23). The van der Waals surface area contributed by atoms with Crippen LogP contribution in [0.4, 0.5) is 5.13 Å². The molecule has 0 aliphatic carbocycles. The fourth-order valence-corrected chi connectivity index (χ4v) is 2.95. The van der Waals surface area contributed by atoms with E-state index < -0.39 is 18.5 Å². The number of carbonyl (C=O) groups excluding carboxylic acids is 3. The number of rotatable bonds is 6. The average Bonchev–Trinajstić information content (AvgIpc) is 3.15. The third-order valence-corrected chi connectivity index (χ3v) is 4.37. The summed E-state index contributed by atoms with van der Waals surface area (Å²) in [6.07, 6.45) is 0.345. The molecular formula is C17H16N4O5S. The number of hydrazone groups is 1. The van der Waals surface area contributed by atoms with Gasteiger partial charge >= 0.3 is 5.97 Å². The molecule has 0 saturated carbocycles. The lowest BCUT2D eigenvalue weighted by Gasteiger charge is -2.10. The van der Waals surface area contributed by atoms with Crippen LogP contribution in [0.3, 0.4) is 0 Å². The third kappa shape index (κ3) is 4.88. The second-order valence-electron chi connectivity index (χ2n) is 5.48. The van der Waals surface area contributed by atoms with Gasteiger partial charge in [0.1, 0.15) is 11.5 Å². The van der Waals surface area contributed by atoms with Crippen LogP contribution in [-0.4, -0.2) is 42.2 Å². The summed E-state index contributed by atoms with van der Waals surface area (Å²) in [7, 11) is 1.59. The zero-order valence-electron chi connectivity index (χ0n) is 14.4. The number of aromatic nitrogens is 1. The van der Waals surface area contributed by atoms with Crippen molar-refractivity contribution in [2.24, 2.45) is 5.10 Å². The number of esters is 1. The topological polar surface area (TPSA) is 119 Å². The van der Waals surface area contributed by atoms with Crippen molar-refractivity contribution in [1.29, 1.82) is 0 Å². The molecule has 27 heavy (non-hydrogen) atoms. The Kier molecular flexibility index (Phi) is 5.77. The highest BCUT2D eigenvalue weighted by Gasteiger charge is 2.20. The first-order valence-electron chi connectivity index (χ1n) is 7.97. The maximum absolute atomic E-state index is 11.9. The van der Waals surface area contributed by atoms with Crippen molar-refractivity contribution in [3.05, 3.63) is 29.6 Å². The van der Waals surface area contributed by atoms with E-state index in [4.69, 9.17) is 9.47 Å². The zero-order chi connectivity index (χ0) is 19.2. The smallest absolute Gasteiger partial charge is 0.355 e. The minimum Gasteiger partial charge on any atom is -0.497 e. The van der Waals surface area contributed by atoms with E-state index in [-0.39, 0.29) is 24.5 Å². The van der Waals surface area contributed by atoms with Crippen LogP contribution in [0.1, 0.15) is 12.8 Å². The van der Waals surface area contributed by atoms with E-state index in [2.05, 4.69) is 20.8 Å². The fraction of sp³-hybridized carbons (Fsp3) is 0.235. The number of methoxy groups -OCH3 is 1. The van der Waals surface area contributed by atoms with Gasteiger partial charge in [-0.1, -0.05) is 0 Å². The Bertz CT molecular complexity index is 891. The van der Waals surface area contributed by atoms with Crippen molar-refractivity contribution in [3.8, 4) is 17.0 Å². The molecule has 0 radical (unpaired) electrons. The molecule has 2 aromatic rings. The molecule has 0 saturated heterocycles. The number of ether oxygens (including phenoxy) is 2. The Hall–Kier alpha value is -3.27. The molecule has 0 atom stereocenters. The summed E-state index contributed by atoms with van der Waals surface area (Å²) in [5, 5.41) is 8.39. The van der Waals surface area contributed by atoms with Gasteiger partial charge in [0.25, 0.3) is 5.91 Å². The quantitative estimate of drug-likeness (QED) is 0.725.